The molecule has 1 aromatic carbocycles. The maximum Gasteiger partial charge on any atom is 0.270 e. The number of para-hydroxylation sites is 1. The van der Waals surface area contributed by atoms with Gasteiger partial charge < -0.3 is 5.32 Å². The van der Waals surface area contributed by atoms with E-state index in [0.29, 0.717) is 12.2 Å². The van der Waals surface area contributed by atoms with Gasteiger partial charge in [0.15, 0.2) is 0 Å². The van der Waals surface area contributed by atoms with Crippen LogP contribution in [-0.4, -0.2) is 17.4 Å². The number of hydrogen-bond acceptors (Lipinski definition) is 2. The fraction of sp³-hybridized carbons (Fsp3) is 0.0769. The minimum Gasteiger partial charge on any atom is -0.346 e. The van der Waals surface area contributed by atoms with Crippen LogP contribution in [-0.2, 0) is 0 Å². The molecule has 0 unspecified atom stereocenters. The Bertz CT molecular complexity index is 580. The first-order valence-electron chi connectivity index (χ1n) is 5.14. The van der Waals surface area contributed by atoms with Gasteiger partial charge in [-0.2, -0.15) is 0 Å². The molecule has 3 nitrogen and oxygen atoms in total. The number of rotatable bonds is 3. The Morgan fingerprint density at radius 3 is 2.82 bits per heavy atom. The van der Waals surface area contributed by atoms with Crippen molar-refractivity contribution in [1.29, 1.82) is 0 Å². The molecule has 2 rings (SSSR count). The van der Waals surface area contributed by atoms with Gasteiger partial charge in [-0.15, -0.1) is 0 Å². The zero-order valence-corrected chi connectivity index (χ0v) is 10.7. The average Bonchev–Trinajstić information content (AvgIpc) is 2.35. The highest BCUT2D eigenvalue weighted by atomic mass is 79.9. The van der Waals surface area contributed by atoms with Crippen LogP contribution in [0.1, 0.15) is 10.5 Å². The van der Waals surface area contributed by atoms with E-state index in [1.54, 1.807) is 6.07 Å². The number of hydrogen-bond donors (Lipinski definition) is 1. The number of carbonyl (C=O) groups excluding carboxylic acids is 1. The summed E-state index contributed by atoms with van der Waals surface area (Å²) in [6, 6.07) is 11.3. The second-order valence-corrected chi connectivity index (χ2v) is 4.71. The van der Waals surface area contributed by atoms with Crippen molar-refractivity contribution in [3.8, 4) is 0 Å². The van der Waals surface area contributed by atoms with E-state index in [-0.39, 0.29) is 5.91 Å². The normalized spacial score (nSPS) is 10.2. The summed E-state index contributed by atoms with van der Waals surface area (Å²) in [5.41, 5.74) is 1.23. The van der Waals surface area contributed by atoms with Crippen LogP contribution in [0.4, 0.5) is 0 Å². The van der Waals surface area contributed by atoms with E-state index in [9.17, 15) is 4.79 Å². The number of nitrogens with zero attached hydrogens (tertiary/aromatic N) is 1. The minimum absolute atomic E-state index is 0.198. The van der Waals surface area contributed by atoms with Gasteiger partial charge in [0.05, 0.1) is 5.52 Å². The van der Waals surface area contributed by atoms with Crippen molar-refractivity contribution in [3.63, 3.8) is 0 Å². The lowest BCUT2D eigenvalue weighted by Gasteiger charge is -2.04. The second kappa shape index (κ2) is 5.10. The minimum atomic E-state index is -0.198. The summed E-state index contributed by atoms with van der Waals surface area (Å²) in [5, 5.41) is 3.74. The van der Waals surface area contributed by atoms with E-state index in [1.807, 2.05) is 30.3 Å². The van der Waals surface area contributed by atoms with Gasteiger partial charge in [0.2, 0.25) is 0 Å². The topological polar surface area (TPSA) is 42.0 Å². The molecular weight excluding hydrogens is 280 g/mol. The molecule has 4 heteroatoms. The van der Waals surface area contributed by atoms with E-state index in [2.05, 4.69) is 32.8 Å². The fourth-order valence-corrected chi connectivity index (χ4v) is 1.60. The number of aromatic nitrogens is 1. The summed E-state index contributed by atoms with van der Waals surface area (Å²) in [6.45, 7) is 4.05. The number of benzene rings is 1. The Balaban J connectivity index is 2.24. The predicted molar refractivity (Wildman–Crippen MR) is 72.1 cm³/mol. The summed E-state index contributed by atoms with van der Waals surface area (Å²) in [5.74, 6) is -0.198. The SMILES string of the molecule is C=C(Br)CNC(=O)c1ccc2ccccc2n1. The van der Waals surface area contributed by atoms with Crippen molar-refractivity contribution in [2.45, 2.75) is 0 Å². The molecule has 0 bridgehead atoms. The van der Waals surface area contributed by atoms with Crippen molar-refractivity contribution in [2.75, 3.05) is 6.54 Å². The molecule has 1 heterocycles. The van der Waals surface area contributed by atoms with Crippen LogP contribution in [0.2, 0.25) is 0 Å². The molecule has 17 heavy (non-hydrogen) atoms. The van der Waals surface area contributed by atoms with Crippen molar-refractivity contribution in [2.24, 2.45) is 0 Å². The molecule has 0 radical (unpaired) electrons. The molecule has 1 amide bonds. The summed E-state index contributed by atoms with van der Waals surface area (Å²) in [6.07, 6.45) is 0. The van der Waals surface area contributed by atoms with Crippen LogP contribution in [0.25, 0.3) is 10.9 Å². The molecule has 2 aromatic rings. The molecular formula is C13H11BrN2O. The molecule has 0 aliphatic carbocycles. The number of fused-ring (bicyclic) bond motifs is 1. The maximum absolute atomic E-state index is 11.8. The molecule has 0 saturated carbocycles. The van der Waals surface area contributed by atoms with E-state index < -0.39 is 0 Å². The third-order valence-electron chi connectivity index (χ3n) is 2.27. The highest BCUT2D eigenvalue weighted by Crippen LogP contribution is 2.11. The smallest absolute Gasteiger partial charge is 0.270 e. The molecule has 0 aliphatic heterocycles. The number of nitrogens with one attached hydrogen (secondary N) is 1. The van der Waals surface area contributed by atoms with Gasteiger partial charge in [-0.25, -0.2) is 4.98 Å². The summed E-state index contributed by atoms with van der Waals surface area (Å²) < 4.78 is 0.728. The zero-order chi connectivity index (χ0) is 12.3. The van der Waals surface area contributed by atoms with Gasteiger partial charge in [-0.1, -0.05) is 46.8 Å². The quantitative estimate of drug-likeness (QED) is 0.944. The Hall–Kier alpha value is -1.68. The Kier molecular flexibility index (Phi) is 3.54. The molecule has 0 saturated heterocycles. The monoisotopic (exact) mass is 290 g/mol. The number of pyridine rings is 1. The third kappa shape index (κ3) is 2.91. The number of carbonyl (C=O) groups is 1. The third-order valence-corrected chi connectivity index (χ3v) is 2.55. The summed E-state index contributed by atoms with van der Waals surface area (Å²) in [7, 11) is 0. The van der Waals surface area contributed by atoms with Gasteiger partial charge in [-0.3, -0.25) is 4.79 Å². The van der Waals surface area contributed by atoms with Crippen molar-refractivity contribution < 1.29 is 4.79 Å². The van der Waals surface area contributed by atoms with Crippen LogP contribution in [0.15, 0.2) is 47.5 Å². The van der Waals surface area contributed by atoms with Crippen molar-refractivity contribution in [1.82, 2.24) is 10.3 Å². The van der Waals surface area contributed by atoms with Crippen LogP contribution in [0, 0.1) is 0 Å². The van der Waals surface area contributed by atoms with Crippen molar-refractivity contribution in [3.05, 3.63) is 53.2 Å². The second-order valence-electron chi connectivity index (χ2n) is 3.59. The van der Waals surface area contributed by atoms with Gasteiger partial charge in [0, 0.05) is 16.4 Å². The maximum atomic E-state index is 11.8. The molecule has 0 atom stereocenters. The number of amides is 1. The first kappa shape index (κ1) is 11.8. The van der Waals surface area contributed by atoms with Gasteiger partial charge >= 0.3 is 0 Å². The Morgan fingerprint density at radius 1 is 1.29 bits per heavy atom. The van der Waals surface area contributed by atoms with Crippen LogP contribution in [0.3, 0.4) is 0 Å². The fourth-order valence-electron chi connectivity index (χ4n) is 1.46. The average molecular weight is 291 g/mol. The predicted octanol–water partition coefficient (Wildman–Crippen LogP) is 2.87. The number of halogens is 1. The molecule has 0 fully saturated rings. The molecule has 86 valence electrons. The molecule has 1 N–H and O–H groups in total. The van der Waals surface area contributed by atoms with Gasteiger partial charge in [0.1, 0.15) is 5.69 Å². The highest BCUT2D eigenvalue weighted by Gasteiger charge is 2.07. The summed E-state index contributed by atoms with van der Waals surface area (Å²) in [4.78, 5) is 16.1. The molecule has 0 aliphatic rings. The lowest BCUT2D eigenvalue weighted by Crippen LogP contribution is -2.25. The van der Waals surface area contributed by atoms with Crippen LogP contribution in [0.5, 0.6) is 0 Å². The lowest BCUT2D eigenvalue weighted by molar-refractivity contribution is 0.0953. The Morgan fingerprint density at radius 2 is 2.06 bits per heavy atom. The van der Waals surface area contributed by atoms with Gasteiger partial charge in [-0.05, 0) is 12.1 Å². The van der Waals surface area contributed by atoms with Gasteiger partial charge in [0.25, 0.3) is 5.91 Å². The first-order chi connectivity index (χ1) is 8.16. The Labute approximate surface area is 108 Å². The van der Waals surface area contributed by atoms with E-state index >= 15 is 0 Å². The van der Waals surface area contributed by atoms with E-state index in [4.69, 9.17) is 0 Å². The highest BCUT2D eigenvalue weighted by molar-refractivity contribution is 9.11. The first-order valence-corrected chi connectivity index (χ1v) is 5.93. The molecule has 1 aromatic heterocycles. The van der Waals surface area contributed by atoms with Crippen LogP contribution >= 0.6 is 15.9 Å². The van der Waals surface area contributed by atoms with E-state index in [1.165, 1.54) is 0 Å². The van der Waals surface area contributed by atoms with Crippen molar-refractivity contribution >= 4 is 32.7 Å². The molecule has 0 spiro atoms. The van der Waals surface area contributed by atoms with E-state index in [0.717, 1.165) is 15.4 Å². The standard InChI is InChI=1S/C13H11BrN2O/c1-9(14)8-15-13(17)12-7-6-10-4-2-3-5-11(10)16-12/h2-7H,1,8H2,(H,15,17). The lowest BCUT2D eigenvalue weighted by atomic mass is 10.2. The largest absolute Gasteiger partial charge is 0.346 e. The van der Waals surface area contributed by atoms with Crippen LogP contribution < -0.4 is 5.32 Å². The zero-order valence-electron chi connectivity index (χ0n) is 9.11. The summed E-state index contributed by atoms with van der Waals surface area (Å²) >= 11 is 3.19.